The molecule has 3 N–H and O–H groups in total. The number of hydrogen-bond acceptors (Lipinski definition) is 3. The van der Waals surface area contributed by atoms with Crippen molar-refractivity contribution in [3.05, 3.63) is 0 Å². The molecule has 0 bridgehead atoms. The SMILES string of the molecule is CNC(C)(C)C(O)O. The van der Waals surface area contributed by atoms with Crippen LogP contribution in [0.3, 0.4) is 0 Å². The topological polar surface area (TPSA) is 52.5 Å². The van der Waals surface area contributed by atoms with Gasteiger partial charge < -0.3 is 15.5 Å². The molecule has 0 unspecified atom stereocenters. The van der Waals surface area contributed by atoms with Crippen molar-refractivity contribution >= 4 is 0 Å². The number of rotatable bonds is 2. The first-order valence-electron chi connectivity index (χ1n) is 2.56. The van der Waals surface area contributed by atoms with Crippen molar-refractivity contribution in [2.75, 3.05) is 7.05 Å². The summed E-state index contributed by atoms with van der Waals surface area (Å²) in [7, 11) is 1.68. The van der Waals surface area contributed by atoms with Gasteiger partial charge in [-0.05, 0) is 20.9 Å². The second kappa shape index (κ2) is 2.44. The minimum Gasteiger partial charge on any atom is -0.367 e. The fourth-order valence-electron chi connectivity index (χ4n) is 0.129. The Morgan fingerprint density at radius 1 is 1.38 bits per heavy atom. The molecule has 0 saturated heterocycles. The van der Waals surface area contributed by atoms with Crippen LogP contribution in [0, 0.1) is 0 Å². The molecule has 0 spiro atoms. The molecule has 0 heterocycles. The summed E-state index contributed by atoms with van der Waals surface area (Å²) in [6.45, 7) is 3.41. The summed E-state index contributed by atoms with van der Waals surface area (Å²) in [5.41, 5.74) is -0.597. The van der Waals surface area contributed by atoms with Crippen LogP contribution in [0.25, 0.3) is 0 Å². The molecular weight excluding hydrogens is 106 g/mol. The van der Waals surface area contributed by atoms with E-state index >= 15 is 0 Å². The van der Waals surface area contributed by atoms with E-state index in [4.69, 9.17) is 10.2 Å². The Kier molecular flexibility index (Phi) is 2.40. The zero-order valence-electron chi connectivity index (χ0n) is 5.47. The zero-order chi connectivity index (χ0) is 6.78. The molecule has 0 aliphatic heterocycles. The fourth-order valence-corrected chi connectivity index (χ4v) is 0.129. The predicted octanol–water partition coefficient (Wildman–Crippen LogP) is -0.705. The average molecular weight is 119 g/mol. The molecule has 0 radical (unpaired) electrons. The molecule has 0 amide bonds. The van der Waals surface area contributed by atoms with Gasteiger partial charge >= 0.3 is 0 Å². The van der Waals surface area contributed by atoms with Gasteiger partial charge in [0.25, 0.3) is 0 Å². The van der Waals surface area contributed by atoms with Crippen molar-refractivity contribution < 1.29 is 10.2 Å². The monoisotopic (exact) mass is 119 g/mol. The van der Waals surface area contributed by atoms with Crippen LogP contribution in [0.2, 0.25) is 0 Å². The summed E-state index contributed by atoms with van der Waals surface area (Å²) >= 11 is 0. The number of likely N-dealkylation sites (N-methyl/N-ethyl adjacent to an activating group) is 1. The lowest BCUT2D eigenvalue weighted by molar-refractivity contribution is -0.0946. The maximum atomic E-state index is 8.57. The second-order valence-electron chi connectivity index (χ2n) is 2.35. The van der Waals surface area contributed by atoms with Gasteiger partial charge in [0.15, 0.2) is 6.29 Å². The highest BCUT2D eigenvalue weighted by molar-refractivity contribution is 4.76. The Labute approximate surface area is 49.3 Å². The van der Waals surface area contributed by atoms with Crippen LogP contribution in [-0.2, 0) is 0 Å². The van der Waals surface area contributed by atoms with Gasteiger partial charge in [0, 0.05) is 0 Å². The highest BCUT2D eigenvalue weighted by Crippen LogP contribution is 2.03. The van der Waals surface area contributed by atoms with Gasteiger partial charge in [0.05, 0.1) is 5.54 Å². The molecule has 8 heavy (non-hydrogen) atoms. The lowest BCUT2D eigenvalue weighted by atomic mass is 10.1. The van der Waals surface area contributed by atoms with Crippen LogP contribution in [-0.4, -0.2) is 29.1 Å². The Hall–Kier alpha value is -0.120. The normalized spacial score (nSPS) is 12.8. The van der Waals surface area contributed by atoms with Crippen molar-refractivity contribution in [2.24, 2.45) is 0 Å². The van der Waals surface area contributed by atoms with Gasteiger partial charge in [-0.25, -0.2) is 0 Å². The number of hydrogen-bond donors (Lipinski definition) is 3. The summed E-state index contributed by atoms with van der Waals surface area (Å²) in [6.07, 6.45) is -1.30. The number of aliphatic hydroxyl groups excluding tert-OH is 1. The molecule has 0 fully saturated rings. The lowest BCUT2D eigenvalue weighted by Crippen LogP contribution is -2.47. The molecule has 3 heteroatoms. The van der Waals surface area contributed by atoms with Crippen molar-refractivity contribution in [1.82, 2.24) is 5.32 Å². The second-order valence-corrected chi connectivity index (χ2v) is 2.35. The van der Waals surface area contributed by atoms with Crippen molar-refractivity contribution in [1.29, 1.82) is 0 Å². The van der Waals surface area contributed by atoms with E-state index in [2.05, 4.69) is 5.32 Å². The molecule has 0 aromatic rings. The van der Waals surface area contributed by atoms with Crippen LogP contribution in [0.5, 0.6) is 0 Å². The standard InChI is InChI=1S/C5H13NO2/c1-5(2,6-3)4(7)8/h4,6-8H,1-3H3. The molecular formula is C5H13NO2. The first-order valence-corrected chi connectivity index (χ1v) is 2.56. The molecule has 0 saturated carbocycles. The zero-order valence-corrected chi connectivity index (χ0v) is 5.47. The molecule has 0 atom stereocenters. The van der Waals surface area contributed by atoms with Crippen LogP contribution >= 0.6 is 0 Å². The van der Waals surface area contributed by atoms with Gasteiger partial charge in [0.1, 0.15) is 0 Å². The van der Waals surface area contributed by atoms with Crippen molar-refractivity contribution in [3.8, 4) is 0 Å². The van der Waals surface area contributed by atoms with E-state index in [1.807, 2.05) is 0 Å². The molecule has 0 aromatic carbocycles. The van der Waals surface area contributed by atoms with Gasteiger partial charge in [-0.15, -0.1) is 0 Å². The van der Waals surface area contributed by atoms with Crippen LogP contribution in [0.4, 0.5) is 0 Å². The van der Waals surface area contributed by atoms with Gasteiger partial charge in [-0.2, -0.15) is 0 Å². The van der Waals surface area contributed by atoms with E-state index < -0.39 is 11.8 Å². The Balaban J connectivity index is 3.71. The van der Waals surface area contributed by atoms with E-state index in [-0.39, 0.29) is 0 Å². The van der Waals surface area contributed by atoms with E-state index in [0.29, 0.717) is 0 Å². The lowest BCUT2D eigenvalue weighted by Gasteiger charge is -2.25. The average Bonchev–Trinajstić information content (AvgIpc) is 1.67. The highest BCUT2D eigenvalue weighted by Gasteiger charge is 2.22. The minimum atomic E-state index is -1.30. The fraction of sp³-hybridized carbons (Fsp3) is 1.00. The maximum absolute atomic E-state index is 8.57. The summed E-state index contributed by atoms with van der Waals surface area (Å²) in [4.78, 5) is 0. The van der Waals surface area contributed by atoms with Gasteiger partial charge in [-0.3, -0.25) is 0 Å². The Bertz CT molecular complexity index is 70.8. The molecule has 50 valence electrons. The summed E-state index contributed by atoms with van der Waals surface area (Å²) < 4.78 is 0. The molecule has 0 aliphatic carbocycles. The van der Waals surface area contributed by atoms with Gasteiger partial charge in [0.2, 0.25) is 0 Å². The Morgan fingerprint density at radius 2 is 1.75 bits per heavy atom. The third-order valence-electron chi connectivity index (χ3n) is 1.29. The van der Waals surface area contributed by atoms with Crippen LogP contribution in [0.1, 0.15) is 13.8 Å². The van der Waals surface area contributed by atoms with E-state index in [0.717, 1.165) is 0 Å². The minimum absolute atomic E-state index is 0.597. The summed E-state index contributed by atoms with van der Waals surface area (Å²) in [5.74, 6) is 0. The van der Waals surface area contributed by atoms with Gasteiger partial charge in [-0.1, -0.05) is 0 Å². The quantitative estimate of drug-likeness (QED) is 0.421. The number of nitrogens with one attached hydrogen (secondary N) is 1. The number of aliphatic hydroxyl groups is 2. The first-order chi connectivity index (χ1) is 3.50. The van der Waals surface area contributed by atoms with Crippen molar-refractivity contribution in [2.45, 2.75) is 25.7 Å². The third kappa shape index (κ3) is 1.78. The summed E-state index contributed by atoms with van der Waals surface area (Å²) in [6, 6.07) is 0. The highest BCUT2D eigenvalue weighted by atomic mass is 16.5. The largest absolute Gasteiger partial charge is 0.367 e. The predicted molar refractivity (Wildman–Crippen MR) is 31.4 cm³/mol. The van der Waals surface area contributed by atoms with E-state index in [1.54, 1.807) is 20.9 Å². The summed E-state index contributed by atoms with van der Waals surface area (Å²) in [5, 5.41) is 19.9. The van der Waals surface area contributed by atoms with Crippen LogP contribution < -0.4 is 5.32 Å². The smallest absolute Gasteiger partial charge is 0.169 e. The molecule has 0 aromatic heterocycles. The first kappa shape index (κ1) is 7.88. The van der Waals surface area contributed by atoms with E-state index in [9.17, 15) is 0 Å². The van der Waals surface area contributed by atoms with Crippen molar-refractivity contribution in [3.63, 3.8) is 0 Å². The molecule has 3 nitrogen and oxygen atoms in total. The third-order valence-corrected chi connectivity index (χ3v) is 1.29. The maximum Gasteiger partial charge on any atom is 0.169 e. The Morgan fingerprint density at radius 3 is 1.75 bits per heavy atom. The van der Waals surface area contributed by atoms with Crippen LogP contribution in [0.15, 0.2) is 0 Å². The molecule has 0 rings (SSSR count). The van der Waals surface area contributed by atoms with E-state index in [1.165, 1.54) is 0 Å². The molecule has 0 aliphatic rings.